The molecule has 1 amide bonds. The fraction of sp³-hybridized carbons (Fsp3) is 0.400. The van der Waals surface area contributed by atoms with Crippen LogP contribution in [0.15, 0.2) is 12.1 Å². The Hall–Kier alpha value is -2.67. The number of nitrogens with zero attached hydrogens (tertiary/aromatic N) is 2. The number of nitro groups is 1. The topological polar surface area (TPSA) is 122 Å². The van der Waals surface area contributed by atoms with Gasteiger partial charge in [-0.1, -0.05) is 0 Å². The highest BCUT2D eigenvalue weighted by Crippen LogP contribution is 2.24. The van der Waals surface area contributed by atoms with Crippen LogP contribution in [0.25, 0.3) is 0 Å². The van der Waals surface area contributed by atoms with Gasteiger partial charge in [0.25, 0.3) is 5.69 Å². The van der Waals surface area contributed by atoms with E-state index >= 15 is 0 Å². The molecule has 0 aliphatic carbocycles. The van der Waals surface area contributed by atoms with Crippen molar-refractivity contribution in [1.29, 1.82) is 5.26 Å². The largest absolute Gasteiger partial charge is 0.444 e. The number of nitriles is 1. The number of carbonyl (C=O) groups excluding carboxylic acids is 2. The summed E-state index contributed by atoms with van der Waals surface area (Å²) in [6, 6.07) is 1.79. The van der Waals surface area contributed by atoms with Gasteiger partial charge >= 0.3 is 6.09 Å². The van der Waals surface area contributed by atoms with Crippen molar-refractivity contribution in [3.05, 3.63) is 39.2 Å². The van der Waals surface area contributed by atoms with E-state index in [1.165, 1.54) is 6.07 Å². The third-order valence-electron chi connectivity index (χ3n) is 2.90. The van der Waals surface area contributed by atoms with Crippen molar-refractivity contribution in [2.24, 2.45) is 0 Å². The van der Waals surface area contributed by atoms with Crippen LogP contribution in [-0.2, 0) is 16.0 Å². The van der Waals surface area contributed by atoms with Gasteiger partial charge in [0, 0.05) is 18.1 Å². The fourth-order valence-electron chi connectivity index (χ4n) is 1.89. The maximum absolute atomic E-state index is 13.8. The summed E-state index contributed by atoms with van der Waals surface area (Å²) < 4.78 is 18.8. The van der Waals surface area contributed by atoms with Crippen LogP contribution < -0.4 is 5.32 Å². The van der Waals surface area contributed by atoms with Gasteiger partial charge in [-0.25, -0.2) is 9.18 Å². The lowest BCUT2D eigenvalue weighted by Crippen LogP contribution is -2.43. The van der Waals surface area contributed by atoms with Crippen LogP contribution in [0.4, 0.5) is 14.9 Å². The average Bonchev–Trinajstić information content (AvgIpc) is 2.44. The molecule has 0 aliphatic rings. The van der Waals surface area contributed by atoms with Crippen LogP contribution in [0.2, 0.25) is 0 Å². The molecular weight excluding hydrogens is 353 g/mol. The molecule has 0 saturated carbocycles. The van der Waals surface area contributed by atoms with Gasteiger partial charge < -0.3 is 10.1 Å². The zero-order valence-electron chi connectivity index (χ0n) is 13.7. The van der Waals surface area contributed by atoms with E-state index < -0.39 is 44.8 Å². The van der Waals surface area contributed by atoms with Crippen molar-refractivity contribution in [1.82, 2.24) is 5.32 Å². The first-order chi connectivity index (χ1) is 11.4. The highest BCUT2D eigenvalue weighted by atomic mass is 32.1. The summed E-state index contributed by atoms with van der Waals surface area (Å²) in [5.41, 5.74) is -2.02. The molecule has 0 fully saturated rings. The van der Waals surface area contributed by atoms with Gasteiger partial charge in [0.2, 0.25) is 5.12 Å². The number of halogens is 1. The van der Waals surface area contributed by atoms with E-state index in [2.05, 4.69) is 17.9 Å². The second-order valence-corrected chi connectivity index (χ2v) is 6.51. The Bertz CT molecular complexity index is 755. The second kappa shape index (κ2) is 7.94. The van der Waals surface area contributed by atoms with Crippen molar-refractivity contribution < 1.29 is 23.6 Å². The lowest BCUT2D eigenvalue weighted by Gasteiger charge is -2.22. The van der Waals surface area contributed by atoms with E-state index in [4.69, 9.17) is 10.00 Å². The zero-order chi connectivity index (χ0) is 19.4. The maximum atomic E-state index is 13.8. The first-order valence-electron chi connectivity index (χ1n) is 7.04. The zero-order valence-corrected chi connectivity index (χ0v) is 14.6. The molecule has 134 valence electrons. The van der Waals surface area contributed by atoms with E-state index in [9.17, 15) is 24.1 Å². The molecule has 10 heteroatoms. The minimum atomic E-state index is -1.27. The van der Waals surface area contributed by atoms with E-state index in [-0.39, 0.29) is 12.0 Å². The summed E-state index contributed by atoms with van der Waals surface area (Å²) >= 11 is 3.63. The molecule has 1 aromatic rings. The molecule has 1 N–H and O–H groups in total. The molecule has 0 aliphatic heterocycles. The molecule has 25 heavy (non-hydrogen) atoms. The monoisotopic (exact) mass is 369 g/mol. The molecule has 0 saturated heterocycles. The lowest BCUT2D eigenvalue weighted by atomic mass is 10.0. The van der Waals surface area contributed by atoms with Crippen LogP contribution in [0.1, 0.15) is 31.9 Å². The van der Waals surface area contributed by atoms with Gasteiger partial charge in [-0.15, -0.1) is 12.6 Å². The lowest BCUT2D eigenvalue weighted by molar-refractivity contribution is -0.385. The Morgan fingerprint density at radius 1 is 1.48 bits per heavy atom. The normalized spacial score (nSPS) is 12.0. The van der Waals surface area contributed by atoms with Crippen LogP contribution in [0.3, 0.4) is 0 Å². The number of carbonyl (C=O) groups is 2. The van der Waals surface area contributed by atoms with E-state index in [0.29, 0.717) is 0 Å². The highest BCUT2D eigenvalue weighted by Gasteiger charge is 2.27. The number of benzene rings is 1. The summed E-state index contributed by atoms with van der Waals surface area (Å²) in [7, 11) is 0. The first-order valence-corrected chi connectivity index (χ1v) is 7.48. The molecular formula is C15H16FN3O5S. The molecule has 1 atom stereocenters. The molecule has 0 spiro atoms. The minimum Gasteiger partial charge on any atom is -0.444 e. The standard InChI is InChI=1S/C15H16FN3O5S/c1-15(2,3)24-14(21)18-11(13(20)25)5-8-4-10(16)9(7-17)6-12(8)19(22)23/h4,6,11H,5H2,1-3H3,(H,18,21)(H,20,25)/t11-/m1/s1. The maximum Gasteiger partial charge on any atom is 0.408 e. The molecule has 0 radical (unpaired) electrons. The Kier molecular flexibility index (Phi) is 6.47. The van der Waals surface area contributed by atoms with Gasteiger partial charge in [-0.2, -0.15) is 5.26 Å². The van der Waals surface area contributed by atoms with Gasteiger partial charge in [0.05, 0.1) is 10.5 Å². The smallest absolute Gasteiger partial charge is 0.408 e. The van der Waals surface area contributed by atoms with Crippen molar-refractivity contribution in [3.63, 3.8) is 0 Å². The SMILES string of the molecule is CC(C)(C)OC(=O)N[C@H](Cc1cc(F)c(C#N)cc1[N+](=O)[O-])C(=O)S. The second-order valence-electron chi connectivity index (χ2n) is 6.07. The van der Waals surface area contributed by atoms with Gasteiger partial charge in [0.1, 0.15) is 23.5 Å². The predicted octanol–water partition coefficient (Wildman–Crippen LogP) is 2.50. The Labute approximate surface area is 148 Å². The van der Waals surface area contributed by atoms with E-state index in [1.807, 2.05) is 0 Å². The van der Waals surface area contributed by atoms with Crippen molar-refractivity contribution in [3.8, 4) is 6.07 Å². The van der Waals surface area contributed by atoms with Gasteiger partial charge in [0.15, 0.2) is 0 Å². The van der Waals surface area contributed by atoms with Crippen molar-refractivity contribution >= 4 is 29.5 Å². The summed E-state index contributed by atoms with van der Waals surface area (Å²) in [6.45, 7) is 4.85. The number of nitro benzene ring substituents is 1. The minimum absolute atomic E-state index is 0.162. The molecule has 0 unspecified atom stereocenters. The molecule has 8 nitrogen and oxygen atoms in total. The van der Waals surface area contributed by atoms with Crippen molar-refractivity contribution in [2.75, 3.05) is 0 Å². The number of amides is 1. The third kappa shape index (κ3) is 6.04. The van der Waals surface area contributed by atoms with Gasteiger partial charge in [-0.3, -0.25) is 14.9 Å². The number of hydrogen-bond acceptors (Lipinski definition) is 6. The number of rotatable bonds is 5. The molecule has 0 aromatic heterocycles. The van der Waals surface area contributed by atoms with Crippen LogP contribution in [-0.4, -0.2) is 27.8 Å². The van der Waals surface area contributed by atoms with Crippen LogP contribution >= 0.6 is 12.6 Å². The number of thiol groups is 1. The van der Waals surface area contributed by atoms with E-state index in [0.717, 1.165) is 12.1 Å². The number of hydrogen-bond donors (Lipinski definition) is 2. The first kappa shape index (κ1) is 20.4. The number of nitrogens with one attached hydrogen (secondary N) is 1. The quantitative estimate of drug-likeness (QED) is 0.467. The highest BCUT2D eigenvalue weighted by molar-refractivity contribution is 7.96. The van der Waals surface area contributed by atoms with E-state index in [1.54, 1.807) is 20.8 Å². The summed E-state index contributed by atoms with van der Waals surface area (Å²) in [6.07, 6.45) is -1.31. The molecule has 0 bridgehead atoms. The number of alkyl carbamates (subject to hydrolysis) is 1. The molecule has 1 rings (SSSR count). The fourth-order valence-corrected chi connectivity index (χ4v) is 2.05. The van der Waals surface area contributed by atoms with Crippen LogP contribution in [0, 0.1) is 27.3 Å². The Balaban J connectivity index is 3.12. The average molecular weight is 369 g/mol. The Morgan fingerprint density at radius 3 is 2.52 bits per heavy atom. The van der Waals surface area contributed by atoms with Gasteiger partial charge in [-0.05, 0) is 26.8 Å². The summed E-state index contributed by atoms with van der Waals surface area (Å²) in [5, 5.41) is 21.3. The predicted molar refractivity (Wildman–Crippen MR) is 88.6 cm³/mol. The third-order valence-corrected chi connectivity index (χ3v) is 3.21. The summed E-state index contributed by atoms with van der Waals surface area (Å²) in [5.74, 6) is -0.967. The molecule has 0 heterocycles. The molecule has 1 aromatic carbocycles. The van der Waals surface area contributed by atoms with Crippen LogP contribution in [0.5, 0.6) is 0 Å². The summed E-state index contributed by atoms with van der Waals surface area (Å²) in [4.78, 5) is 33.7. The number of ether oxygens (including phenoxy) is 1. The Morgan fingerprint density at radius 2 is 2.08 bits per heavy atom. The van der Waals surface area contributed by atoms with Crippen molar-refractivity contribution in [2.45, 2.75) is 38.8 Å².